The van der Waals surface area contributed by atoms with Gasteiger partial charge in [0.25, 0.3) is 0 Å². The van der Waals surface area contributed by atoms with Crippen LogP contribution in [0.1, 0.15) is 25.6 Å². The number of hydrogen-bond acceptors (Lipinski definition) is 7. The molecule has 0 amide bonds. The largest absolute Gasteiger partial charge is 0.262 e. The van der Waals surface area contributed by atoms with Crippen LogP contribution in [0, 0.1) is 18.4 Å². The topological polar surface area (TPSA) is 95.9 Å². The zero-order valence-corrected chi connectivity index (χ0v) is 16.3. The van der Waals surface area contributed by atoms with Crippen molar-refractivity contribution < 1.29 is 0 Å². The first-order valence-electron chi connectivity index (χ1n) is 9.49. The first kappa shape index (κ1) is 18.5. The van der Waals surface area contributed by atoms with E-state index in [0.29, 0.717) is 23.8 Å². The highest BCUT2D eigenvalue weighted by Gasteiger charge is 2.13. The highest BCUT2D eigenvalue weighted by Crippen LogP contribution is 2.23. The highest BCUT2D eigenvalue weighted by atomic mass is 15.3. The smallest absolute Gasteiger partial charge is 0.185 e. The number of nitriles is 1. The van der Waals surface area contributed by atoms with E-state index >= 15 is 0 Å². The molecule has 0 bridgehead atoms. The first-order valence-corrected chi connectivity index (χ1v) is 9.49. The number of fused-ring (bicyclic) bond motifs is 1. The molecular formula is C21H20N8. The average molecular weight is 384 g/mol. The molecule has 0 aliphatic carbocycles. The molecular weight excluding hydrogens is 364 g/mol. The maximum Gasteiger partial charge on any atom is 0.185 e. The molecule has 0 saturated carbocycles. The van der Waals surface area contributed by atoms with Crippen LogP contribution in [0.5, 0.6) is 0 Å². The number of aryl methyl sites for hydroxylation is 1. The van der Waals surface area contributed by atoms with E-state index in [-0.39, 0.29) is 0 Å². The fraction of sp³-hybridized carbons (Fsp3) is 0.238. The third-order valence-corrected chi connectivity index (χ3v) is 4.53. The van der Waals surface area contributed by atoms with Crippen molar-refractivity contribution in [3.8, 4) is 29.0 Å². The van der Waals surface area contributed by atoms with E-state index in [1.807, 2.05) is 43.3 Å². The molecule has 0 atom stereocenters. The van der Waals surface area contributed by atoms with Crippen molar-refractivity contribution in [1.82, 2.24) is 29.5 Å². The van der Waals surface area contributed by atoms with Crippen molar-refractivity contribution in [3.05, 3.63) is 54.6 Å². The standard InChI is InChI=1S/C21H20N8/c1-3-4-12-28(14-22)21-9-8-20-24-13-19(29(20)27-21)18-7-5-6-16(26-18)17-10-11-23-15(2)25-17/h5-11,13H,3-4,12H2,1-2H3. The van der Waals surface area contributed by atoms with Crippen molar-refractivity contribution in [2.45, 2.75) is 26.7 Å². The Bertz CT molecular complexity index is 1190. The molecule has 0 aromatic carbocycles. The van der Waals surface area contributed by atoms with E-state index in [1.54, 1.807) is 21.8 Å². The van der Waals surface area contributed by atoms with Gasteiger partial charge in [-0.1, -0.05) is 19.4 Å². The number of rotatable bonds is 6. The minimum absolute atomic E-state index is 0.593. The van der Waals surface area contributed by atoms with Crippen LogP contribution < -0.4 is 4.90 Å². The fourth-order valence-electron chi connectivity index (χ4n) is 3.03. The Labute approximate surface area is 168 Å². The lowest BCUT2D eigenvalue weighted by Crippen LogP contribution is -2.19. The van der Waals surface area contributed by atoms with Crippen molar-refractivity contribution in [1.29, 1.82) is 5.26 Å². The fourth-order valence-corrected chi connectivity index (χ4v) is 3.03. The Hall–Kier alpha value is -3.86. The maximum absolute atomic E-state index is 9.49. The van der Waals surface area contributed by atoms with Crippen LogP contribution >= 0.6 is 0 Å². The summed E-state index contributed by atoms with van der Waals surface area (Å²) in [4.78, 5) is 19.4. The highest BCUT2D eigenvalue weighted by molar-refractivity contribution is 5.64. The SMILES string of the molecule is CCCCN(C#N)c1ccc2ncc(-c3cccc(-c4ccnc(C)n4)n3)n2n1. The molecule has 0 unspecified atom stereocenters. The van der Waals surface area contributed by atoms with E-state index < -0.39 is 0 Å². The van der Waals surface area contributed by atoms with Gasteiger partial charge in [-0.3, -0.25) is 4.90 Å². The second-order valence-corrected chi connectivity index (χ2v) is 6.61. The summed E-state index contributed by atoms with van der Waals surface area (Å²) >= 11 is 0. The molecule has 4 heterocycles. The number of imidazole rings is 1. The molecule has 0 N–H and O–H groups in total. The summed E-state index contributed by atoms with van der Waals surface area (Å²) < 4.78 is 1.73. The van der Waals surface area contributed by atoms with Crippen LogP contribution in [0.3, 0.4) is 0 Å². The monoisotopic (exact) mass is 384 g/mol. The van der Waals surface area contributed by atoms with Crippen molar-refractivity contribution >= 4 is 11.5 Å². The van der Waals surface area contributed by atoms with Crippen molar-refractivity contribution in [3.63, 3.8) is 0 Å². The maximum atomic E-state index is 9.49. The van der Waals surface area contributed by atoms with Gasteiger partial charge >= 0.3 is 0 Å². The predicted octanol–water partition coefficient (Wildman–Crippen LogP) is 3.64. The third kappa shape index (κ3) is 3.75. The van der Waals surface area contributed by atoms with Crippen LogP contribution in [0.2, 0.25) is 0 Å². The number of anilines is 1. The number of pyridine rings is 1. The number of aromatic nitrogens is 6. The Balaban J connectivity index is 1.76. The predicted molar refractivity (Wildman–Crippen MR) is 110 cm³/mol. The van der Waals surface area contributed by atoms with Crippen LogP contribution in [-0.4, -0.2) is 36.1 Å². The number of hydrogen-bond donors (Lipinski definition) is 0. The molecule has 0 saturated heterocycles. The lowest BCUT2D eigenvalue weighted by atomic mass is 10.2. The number of unbranched alkanes of at least 4 members (excludes halogenated alkanes) is 1. The zero-order chi connectivity index (χ0) is 20.2. The zero-order valence-electron chi connectivity index (χ0n) is 16.3. The summed E-state index contributed by atoms with van der Waals surface area (Å²) in [6.45, 7) is 4.58. The Kier molecular flexibility index (Phi) is 5.12. The quantitative estimate of drug-likeness (QED) is 0.370. The van der Waals surface area contributed by atoms with Crippen LogP contribution in [0.25, 0.3) is 28.4 Å². The van der Waals surface area contributed by atoms with E-state index in [9.17, 15) is 5.26 Å². The second-order valence-electron chi connectivity index (χ2n) is 6.61. The van der Waals surface area contributed by atoms with Gasteiger partial charge in [-0.15, -0.1) is 5.10 Å². The summed E-state index contributed by atoms with van der Waals surface area (Å²) in [5.41, 5.74) is 3.69. The summed E-state index contributed by atoms with van der Waals surface area (Å²) in [6.07, 6.45) is 7.61. The minimum atomic E-state index is 0.593. The summed E-state index contributed by atoms with van der Waals surface area (Å²) in [6, 6.07) is 11.3. The van der Waals surface area contributed by atoms with Crippen molar-refractivity contribution in [2.75, 3.05) is 11.4 Å². The van der Waals surface area contributed by atoms with Crippen LogP contribution in [0.4, 0.5) is 5.82 Å². The summed E-state index contributed by atoms with van der Waals surface area (Å²) in [5, 5.41) is 14.1. The molecule has 0 aliphatic heterocycles. The van der Waals surface area contributed by atoms with Gasteiger partial charge in [0, 0.05) is 12.7 Å². The van der Waals surface area contributed by atoms with E-state index in [0.717, 1.165) is 35.6 Å². The minimum Gasteiger partial charge on any atom is -0.262 e. The van der Waals surface area contributed by atoms with Gasteiger partial charge in [-0.25, -0.2) is 24.5 Å². The number of nitrogens with zero attached hydrogens (tertiary/aromatic N) is 8. The normalized spacial score (nSPS) is 10.8. The van der Waals surface area contributed by atoms with Gasteiger partial charge in [0.1, 0.15) is 11.5 Å². The van der Waals surface area contributed by atoms with Crippen molar-refractivity contribution in [2.24, 2.45) is 0 Å². The Morgan fingerprint density at radius 2 is 1.86 bits per heavy atom. The Morgan fingerprint density at radius 3 is 2.66 bits per heavy atom. The molecule has 0 spiro atoms. The van der Waals surface area contributed by atoms with Crippen LogP contribution in [0.15, 0.2) is 48.8 Å². The van der Waals surface area contributed by atoms with Crippen LogP contribution in [-0.2, 0) is 0 Å². The van der Waals surface area contributed by atoms with Gasteiger partial charge in [-0.05, 0) is 43.7 Å². The van der Waals surface area contributed by atoms with Gasteiger partial charge in [-0.2, -0.15) is 5.26 Å². The first-order chi connectivity index (χ1) is 14.2. The molecule has 144 valence electrons. The average Bonchev–Trinajstić information content (AvgIpc) is 3.18. The third-order valence-electron chi connectivity index (χ3n) is 4.53. The lowest BCUT2D eigenvalue weighted by molar-refractivity contribution is 0.770. The van der Waals surface area contributed by atoms with Gasteiger partial charge < -0.3 is 0 Å². The molecule has 0 radical (unpaired) electrons. The van der Waals surface area contributed by atoms with E-state index in [4.69, 9.17) is 4.98 Å². The molecule has 29 heavy (non-hydrogen) atoms. The molecule has 0 fully saturated rings. The van der Waals surface area contributed by atoms with Gasteiger partial charge in [0.05, 0.1) is 23.3 Å². The Morgan fingerprint density at radius 1 is 1.03 bits per heavy atom. The molecule has 8 nitrogen and oxygen atoms in total. The summed E-state index contributed by atoms with van der Waals surface area (Å²) in [5.74, 6) is 1.29. The molecule has 4 aromatic heterocycles. The van der Waals surface area contributed by atoms with E-state index in [2.05, 4.69) is 33.2 Å². The molecule has 8 heteroatoms. The molecule has 4 aromatic rings. The van der Waals surface area contributed by atoms with E-state index in [1.165, 1.54) is 0 Å². The molecule has 4 rings (SSSR count). The molecule has 0 aliphatic rings. The van der Waals surface area contributed by atoms with Gasteiger partial charge in [0.2, 0.25) is 0 Å². The summed E-state index contributed by atoms with van der Waals surface area (Å²) in [7, 11) is 0. The lowest BCUT2D eigenvalue weighted by Gasteiger charge is -2.14. The van der Waals surface area contributed by atoms with Gasteiger partial charge in [0.15, 0.2) is 17.7 Å². The second kappa shape index (κ2) is 8.02.